The summed E-state index contributed by atoms with van der Waals surface area (Å²) in [6.07, 6.45) is -9.78. The largest absolute Gasteiger partial charge is 0.485 e. The number of methoxy groups -OCH3 is 2. The number of hydrogen-bond donors (Lipinski definition) is 4. The number of hydroxylamine groups is 2. The van der Waals surface area contributed by atoms with Crippen LogP contribution in [-0.2, 0) is 38.7 Å². The second-order valence-corrected chi connectivity index (χ2v) is 21.9. The van der Waals surface area contributed by atoms with Crippen LogP contribution in [0, 0.1) is 0 Å². The minimum atomic E-state index is -5.75. The van der Waals surface area contributed by atoms with E-state index in [0.29, 0.717) is 63.6 Å². The average Bonchev–Trinajstić information content (AvgIpc) is 3.40. The molecule has 18 nitrogen and oxygen atoms in total. The molecule has 0 radical (unpaired) electrons. The molecule has 4 heterocycles. The molecule has 0 aliphatic carbocycles. The van der Waals surface area contributed by atoms with Crippen molar-refractivity contribution >= 4 is 56.3 Å². The van der Waals surface area contributed by atoms with Crippen LogP contribution in [0.1, 0.15) is 25.7 Å². The molecule has 436 valence electrons. The first kappa shape index (κ1) is 67.1. The lowest BCUT2D eigenvalue weighted by atomic mass is 9.95. The highest BCUT2D eigenvalue weighted by molar-refractivity contribution is 7.94. The Morgan fingerprint density at radius 2 is 0.859 bits per heavy atom. The molecule has 2 aromatic heterocycles. The molecule has 2 aromatic carbocycles. The Bertz CT molecular complexity index is 2600. The summed E-state index contributed by atoms with van der Waals surface area (Å²) in [5.74, 6) is -12.7. The molecule has 0 atom stereocenters. The van der Waals surface area contributed by atoms with Gasteiger partial charge in [-0.1, -0.05) is 24.3 Å². The third-order valence-electron chi connectivity index (χ3n) is 12.7. The number of halogens is 12. The quantitative estimate of drug-likeness (QED) is 0.0396. The number of hydrogen-bond acceptors (Lipinski definition) is 16. The van der Waals surface area contributed by atoms with E-state index in [1.165, 1.54) is 71.6 Å². The number of amides is 2. The zero-order valence-corrected chi connectivity index (χ0v) is 44.4. The zero-order chi connectivity index (χ0) is 56.4. The van der Waals surface area contributed by atoms with Gasteiger partial charge in [-0.25, -0.2) is 27.8 Å². The Kier molecular flexibility index (Phi) is 23.5. The molecule has 2 aliphatic rings. The number of sulfone groups is 2. The van der Waals surface area contributed by atoms with Crippen molar-refractivity contribution in [1.29, 1.82) is 0 Å². The third-order valence-corrected chi connectivity index (χ3v) is 17.7. The molecule has 2 aliphatic heterocycles. The number of nitrogens with one attached hydrogen (secondary N) is 2. The van der Waals surface area contributed by atoms with Crippen LogP contribution < -0.4 is 20.4 Å². The van der Waals surface area contributed by atoms with Crippen molar-refractivity contribution in [3.05, 3.63) is 85.2 Å². The van der Waals surface area contributed by atoms with Crippen molar-refractivity contribution in [1.82, 2.24) is 30.7 Å². The smallest absolute Gasteiger partial charge is 0.456 e. The maximum atomic E-state index is 13.6. The first-order valence-electron chi connectivity index (χ1n) is 22.6. The van der Waals surface area contributed by atoms with Gasteiger partial charge in [-0.2, -0.15) is 43.9 Å². The minimum absolute atomic E-state index is 0. The topological polar surface area (TPSA) is 236 Å². The van der Waals surface area contributed by atoms with Gasteiger partial charge in [0.1, 0.15) is 11.5 Å². The minimum Gasteiger partial charge on any atom is -0.485 e. The second kappa shape index (κ2) is 27.3. The van der Waals surface area contributed by atoms with E-state index in [0.717, 1.165) is 24.5 Å². The molecule has 2 amide bonds. The van der Waals surface area contributed by atoms with Crippen LogP contribution in [0.4, 0.5) is 43.9 Å². The summed E-state index contributed by atoms with van der Waals surface area (Å²) in [6.45, 7) is -0.642. The summed E-state index contributed by atoms with van der Waals surface area (Å²) >= 11 is 0. The van der Waals surface area contributed by atoms with Crippen molar-refractivity contribution in [3.63, 3.8) is 0 Å². The first-order chi connectivity index (χ1) is 35.5. The van der Waals surface area contributed by atoms with Gasteiger partial charge in [0, 0.05) is 64.6 Å². The number of piperidine rings is 2. The molecule has 0 saturated carbocycles. The van der Waals surface area contributed by atoms with Crippen LogP contribution in [0.25, 0.3) is 22.5 Å². The fourth-order valence-corrected chi connectivity index (χ4v) is 11.9. The molecule has 4 aromatic rings. The molecular weight excluding hydrogens is 1150 g/mol. The highest BCUT2D eigenvalue weighted by Gasteiger charge is 2.59. The molecule has 0 unspecified atom stereocenters. The summed E-state index contributed by atoms with van der Waals surface area (Å²) < 4.78 is 195. The Morgan fingerprint density at radius 1 is 0.551 bits per heavy atom. The lowest BCUT2D eigenvalue weighted by molar-refractivity contribution is -0.290. The molecule has 0 spiro atoms. The van der Waals surface area contributed by atoms with Gasteiger partial charge in [0.05, 0.1) is 46.8 Å². The number of carbonyl (C=O) groups is 2. The molecule has 78 heavy (non-hydrogen) atoms. The number of likely N-dealkylation sites (tertiary alicyclic amines) is 2. The molecule has 0 bridgehead atoms. The van der Waals surface area contributed by atoms with Gasteiger partial charge in [0.25, 0.3) is 11.8 Å². The van der Waals surface area contributed by atoms with Gasteiger partial charge in [-0.05, 0) is 74.2 Å². The standard InChI is InChI=1S/2C23H26F5N3O6S.2ClH/c2*1-36-13-12-31-10-8-21(9-11-31,20(32)30-33)38(34,35)18-5-2-16(3-6-18)19-7-4-17(14-29-19)37-15-22(24,25)23(26,27)28;;/h2*2-7,14,33H,8-13,15H2,1H3,(H,30,32);2*1H. The molecule has 2 saturated heterocycles. The average molecular weight is 1210 g/mol. The Labute approximate surface area is 453 Å². The number of nitrogens with zero attached hydrogens (tertiary/aromatic N) is 4. The summed E-state index contributed by atoms with van der Waals surface area (Å²) in [7, 11) is -5.42. The second-order valence-electron chi connectivity index (χ2n) is 17.3. The van der Waals surface area contributed by atoms with Crippen LogP contribution in [0.2, 0.25) is 0 Å². The van der Waals surface area contributed by atoms with E-state index < -0.39 is 78.4 Å². The maximum Gasteiger partial charge on any atom is 0.456 e. The van der Waals surface area contributed by atoms with Gasteiger partial charge in [-0.3, -0.25) is 30.0 Å². The summed E-state index contributed by atoms with van der Waals surface area (Å²) in [4.78, 5) is 36.7. The predicted octanol–water partition coefficient (Wildman–Crippen LogP) is 7.01. The Morgan fingerprint density at radius 3 is 1.10 bits per heavy atom. The van der Waals surface area contributed by atoms with E-state index >= 15 is 0 Å². The van der Waals surface area contributed by atoms with Crippen molar-refractivity contribution in [2.75, 3.05) is 79.9 Å². The van der Waals surface area contributed by atoms with E-state index in [1.807, 2.05) is 9.80 Å². The van der Waals surface area contributed by atoms with Crippen LogP contribution in [0.15, 0.2) is 95.0 Å². The van der Waals surface area contributed by atoms with Gasteiger partial charge >= 0.3 is 24.2 Å². The van der Waals surface area contributed by atoms with Crippen molar-refractivity contribution in [2.45, 2.75) is 69.2 Å². The molecule has 32 heteroatoms. The predicted molar refractivity (Wildman–Crippen MR) is 262 cm³/mol. The van der Waals surface area contributed by atoms with Gasteiger partial charge in [0.15, 0.2) is 42.4 Å². The number of aromatic nitrogens is 2. The summed E-state index contributed by atoms with van der Waals surface area (Å²) in [5, 5.41) is 18.6. The Hall–Kier alpha value is -5.18. The van der Waals surface area contributed by atoms with Gasteiger partial charge < -0.3 is 28.7 Å². The third kappa shape index (κ3) is 15.2. The summed E-state index contributed by atoms with van der Waals surface area (Å²) in [5.41, 5.74) is 4.32. The highest BCUT2D eigenvalue weighted by Crippen LogP contribution is 2.40. The highest BCUT2D eigenvalue weighted by atomic mass is 35.5. The number of alkyl halides is 10. The SMILES string of the molecule is COCCN1CCC(C(=O)NO)(S(=O)(=O)c2ccc(-c3ccc(OCC(F)(F)C(F)(F)F)cn3)cc2)CC1.COCCN1CCC(C(=O)NO)(S(=O)(=O)c2ccc(-c3ccc(OCC(F)(F)C(F)(F)F)cn3)cc2)CC1.Cl.Cl. The van der Waals surface area contributed by atoms with Gasteiger partial charge in [0.2, 0.25) is 0 Å². The fourth-order valence-electron chi connectivity index (χ4n) is 8.00. The van der Waals surface area contributed by atoms with Crippen molar-refractivity contribution in [2.24, 2.45) is 0 Å². The van der Waals surface area contributed by atoms with Crippen LogP contribution in [-0.4, -0.2) is 172 Å². The number of ether oxygens (including phenoxy) is 4. The number of benzene rings is 2. The lowest BCUT2D eigenvalue weighted by Crippen LogP contribution is -2.58. The van der Waals surface area contributed by atoms with Crippen LogP contribution in [0.5, 0.6) is 11.5 Å². The van der Waals surface area contributed by atoms with Crippen molar-refractivity contribution < 1.29 is 99.7 Å². The van der Waals surface area contributed by atoms with E-state index in [9.17, 15) is 80.7 Å². The summed E-state index contributed by atoms with van der Waals surface area (Å²) in [6, 6.07) is 15.6. The Balaban J connectivity index is 0.000000400. The molecular formula is C46H54Cl2F10N6O12S2. The normalized spacial score (nSPS) is 16.3. The zero-order valence-electron chi connectivity index (χ0n) is 41.2. The fraction of sp³-hybridized carbons (Fsp3) is 0.478. The van der Waals surface area contributed by atoms with Crippen LogP contribution in [0.3, 0.4) is 0 Å². The molecule has 2 fully saturated rings. The maximum absolute atomic E-state index is 13.6. The van der Waals surface area contributed by atoms with E-state index in [2.05, 4.69) is 19.4 Å². The van der Waals surface area contributed by atoms with Crippen molar-refractivity contribution in [3.8, 4) is 34.0 Å². The van der Waals surface area contributed by atoms with E-state index in [1.54, 1.807) is 14.2 Å². The number of pyridine rings is 2. The first-order valence-corrected chi connectivity index (χ1v) is 25.6. The van der Waals surface area contributed by atoms with Gasteiger partial charge in [-0.15, -0.1) is 24.8 Å². The van der Waals surface area contributed by atoms with E-state index in [4.69, 9.17) is 9.47 Å². The molecule has 4 N–H and O–H groups in total. The number of carbonyl (C=O) groups excluding carboxylic acids is 2. The lowest BCUT2D eigenvalue weighted by Gasteiger charge is -2.39. The molecule has 6 rings (SSSR count). The number of rotatable bonds is 20. The monoisotopic (exact) mass is 1210 g/mol. The van der Waals surface area contributed by atoms with Crippen LogP contribution >= 0.6 is 24.8 Å². The van der Waals surface area contributed by atoms with E-state index in [-0.39, 0.29) is 83.2 Å².